The highest BCUT2D eigenvalue weighted by Crippen LogP contribution is 2.11. The van der Waals surface area contributed by atoms with E-state index in [2.05, 4.69) is 14.8 Å². The second-order valence-electron chi connectivity index (χ2n) is 2.61. The molecule has 5 nitrogen and oxygen atoms in total. The van der Waals surface area contributed by atoms with Crippen molar-refractivity contribution in [1.29, 1.82) is 0 Å². The van der Waals surface area contributed by atoms with Crippen LogP contribution in [0.4, 0.5) is 0 Å². The number of nitrogens with zero attached hydrogens (tertiary/aromatic N) is 3. The largest absolute Gasteiger partial charge is 0.466 e. The molecule has 0 aliphatic rings. The van der Waals surface area contributed by atoms with Crippen LogP contribution in [0.15, 0.2) is 40.5 Å². The number of esters is 1. The summed E-state index contributed by atoms with van der Waals surface area (Å²) in [6, 6.07) is 3.85. The van der Waals surface area contributed by atoms with Crippen molar-refractivity contribution in [1.82, 2.24) is 0 Å². The highest BCUT2D eigenvalue weighted by Gasteiger charge is 2.04. The van der Waals surface area contributed by atoms with Gasteiger partial charge in [-0.3, -0.25) is 0 Å². The summed E-state index contributed by atoms with van der Waals surface area (Å²) in [5.41, 5.74) is 8.18. The van der Waals surface area contributed by atoms with Crippen molar-refractivity contribution in [3.63, 3.8) is 0 Å². The number of allylic oxidation sites excluding steroid dienone is 2. The van der Waals surface area contributed by atoms with Gasteiger partial charge in [-0.15, -0.1) is 11.3 Å². The van der Waals surface area contributed by atoms with Crippen molar-refractivity contribution < 1.29 is 9.53 Å². The third-order valence-electron chi connectivity index (χ3n) is 1.60. The zero-order chi connectivity index (χ0) is 11.8. The Morgan fingerprint density at radius 1 is 1.69 bits per heavy atom. The van der Waals surface area contributed by atoms with Gasteiger partial charge < -0.3 is 4.74 Å². The number of rotatable bonds is 4. The molecule has 16 heavy (non-hydrogen) atoms. The molecule has 0 fully saturated rings. The predicted molar refractivity (Wildman–Crippen MR) is 62.6 cm³/mol. The minimum atomic E-state index is -0.659. The van der Waals surface area contributed by atoms with E-state index in [1.165, 1.54) is 13.2 Å². The van der Waals surface area contributed by atoms with Gasteiger partial charge in [0.05, 0.1) is 7.11 Å². The van der Waals surface area contributed by atoms with E-state index >= 15 is 0 Å². The summed E-state index contributed by atoms with van der Waals surface area (Å²) in [6.45, 7) is 0. The molecule has 0 N–H and O–H groups in total. The van der Waals surface area contributed by atoms with Gasteiger partial charge in [-0.25, -0.2) is 4.79 Å². The molecule has 0 saturated heterocycles. The Morgan fingerprint density at radius 3 is 3.06 bits per heavy atom. The Labute approximate surface area is 96.3 Å². The Bertz CT molecular complexity index is 456. The lowest BCUT2D eigenvalue weighted by atomic mass is 10.3. The number of carbonyl (C=O) groups excluding carboxylic acids is 1. The fourth-order valence-corrected chi connectivity index (χ4v) is 1.54. The molecule has 0 aromatic carbocycles. The van der Waals surface area contributed by atoms with Crippen LogP contribution in [0.25, 0.3) is 16.5 Å². The number of thiophene rings is 1. The first kappa shape index (κ1) is 12.0. The maximum atomic E-state index is 11.1. The van der Waals surface area contributed by atoms with Crippen LogP contribution in [0.2, 0.25) is 0 Å². The second-order valence-corrected chi connectivity index (χ2v) is 3.59. The Balaban J connectivity index is 2.79. The number of carbonyl (C=O) groups is 1. The van der Waals surface area contributed by atoms with Crippen LogP contribution in [-0.4, -0.2) is 13.1 Å². The van der Waals surface area contributed by atoms with Gasteiger partial charge in [0.15, 0.2) is 0 Å². The average molecular weight is 235 g/mol. The monoisotopic (exact) mass is 235 g/mol. The quantitative estimate of drug-likeness (QED) is 0.201. The minimum Gasteiger partial charge on any atom is -0.466 e. The molecule has 0 amide bonds. The first-order chi connectivity index (χ1) is 7.77. The third-order valence-corrected chi connectivity index (χ3v) is 2.44. The minimum absolute atomic E-state index is 0.0715. The van der Waals surface area contributed by atoms with Gasteiger partial charge in [0, 0.05) is 9.79 Å². The van der Waals surface area contributed by atoms with Crippen LogP contribution in [0.3, 0.4) is 0 Å². The van der Waals surface area contributed by atoms with E-state index in [9.17, 15) is 4.79 Å². The van der Waals surface area contributed by atoms with Crippen molar-refractivity contribution in [2.24, 2.45) is 5.11 Å². The van der Waals surface area contributed by atoms with E-state index in [0.717, 1.165) is 4.88 Å². The summed E-state index contributed by atoms with van der Waals surface area (Å²) >= 11 is 1.57. The second kappa shape index (κ2) is 6.44. The van der Waals surface area contributed by atoms with Gasteiger partial charge >= 0.3 is 5.97 Å². The Kier molecular flexibility index (Phi) is 4.85. The van der Waals surface area contributed by atoms with Gasteiger partial charge in [0.25, 0.3) is 0 Å². The van der Waals surface area contributed by atoms with Gasteiger partial charge in [0.1, 0.15) is 5.70 Å². The third kappa shape index (κ3) is 3.61. The molecule has 0 aliphatic heterocycles. The van der Waals surface area contributed by atoms with E-state index in [-0.39, 0.29) is 5.70 Å². The van der Waals surface area contributed by atoms with E-state index < -0.39 is 5.97 Å². The zero-order valence-corrected chi connectivity index (χ0v) is 9.35. The van der Waals surface area contributed by atoms with Gasteiger partial charge in [-0.1, -0.05) is 17.3 Å². The fourth-order valence-electron chi connectivity index (χ4n) is 0.915. The van der Waals surface area contributed by atoms with Crippen LogP contribution < -0.4 is 0 Å². The number of hydrogen-bond donors (Lipinski definition) is 0. The molecule has 6 heteroatoms. The van der Waals surface area contributed by atoms with Crippen LogP contribution in [0.5, 0.6) is 0 Å². The molecule has 82 valence electrons. The summed E-state index contributed by atoms with van der Waals surface area (Å²) in [7, 11) is 1.23. The molecular formula is C10H9N3O2S. The van der Waals surface area contributed by atoms with Crippen LogP contribution in [-0.2, 0) is 9.53 Å². The molecule has 0 bridgehead atoms. The van der Waals surface area contributed by atoms with Crippen molar-refractivity contribution in [2.45, 2.75) is 0 Å². The molecule has 0 unspecified atom stereocenters. The highest BCUT2D eigenvalue weighted by atomic mass is 32.1. The predicted octanol–water partition coefficient (Wildman–Crippen LogP) is 3.13. The highest BCUT2D eigenvalue weighted by molar-refractivity contribution is 7.10. The van der Waals surface area contributed by atoms with Crippen LogP contribution >= 0.6 is 11.3 Å². The molecule has 1 aromatic rings. The van der Waals surface area contributed by atoms with E-state index in [1.54, 1.807) is 23.5 Å². The smallest absolute Gasteiger partial charge is 0.340 e. The van der Waals surface area contributed by atoms with Gasteiger partial charge in [-0.2, -0.15) is 0 Å². The Hall–Kier alpha value is -2.04. The Morgan fingerprint density at radius 2 is 2.50 bits per heavy atom. The average Bonchev–Trinajstić information content (AvgIpc) is 2.80. The molecule has 0 spiro atoms. The number of methoxy groups -OCH3 is 1. The van der Waals surface area contributed by atoms with Crippen LogP contribution in [0, 0.1) is 0 Å². The molecule has 1 aromatic heterocycles. The van der Waals surface area contributed by atoms with E-state index in [1.807, 2.05) is 17.5 Å². The van der Waals surface area contributed by atoms with Gasteiger partial charge in [0.2, 0.25) is 0 Å². The van der Waals surface area contributed by atoms with Crippen molar-refractivity contribution in [3.8, 4) is 0 Å². The summed E-state index contributed by atoms with van der Waals surface area (Å²) in [5.74, 6) is -0.659. The van der Waals surface area contributed by atoms with E-state index in [0.29, 0.717) is 0 Å². The van der Waals surface area contributed by atoms with Crippen molar-refractivity contribution in [3.05, 3.63) is 50.7 Å². The molecule has 1 heterocycles. The lowest BCUT2D eigenvalue weighted by Crippen LogP contribution is -2.01. The van der Waals surface area contributed by atoms with Crippen molar-refractivity contribution >= 4 is 23.4 Å². The number of azide groups is 1. The van der Waals surface area contributed by atoms with Crippen molar-refractivity contribution in [2.75, 3.05) is 7.11 Å². The summed E-state index contributed by atoms with van der Waals surface area (Å²) < 4.78 is 4.45. The topological polar surface area (TPSA) is 75.1 Å². The normalized spacial score (nSPS) is 11.2. The van der Waals surface area contributed by atoms with E-state index in [4.69, 9.17) is 5.53 Å². The first-order valence-corrected chi connectivity index (χ1v) is 5.21. The lowest BCUT2D eigenvalue weighted by molar-refractivity contribution is -0.136. The molecule has 0 aliphatic carbocycles. The van der Waals surface area contributed by atoms with Crippen LogP contribution in [0.1, 0.15) is 4.88 Å². The molecule has 0 saturated carbocycles. The first-order valence-electron chi connectivity index (χ1n) is 4.33. The SMILES string of the molecule is COC(=O)/C(=C/C=C/c1cccs1)N=[N+]=[N-]. The standard InChI is InChI=1S/C10H9N3O2S/c1-15-10(14)9(12-13-11)6-2-4-8-5-3-7-16-8/h2-7H,1H3/b4-2+,9-6-. The fraction of sp³-hybridized carbons (Fsp3) is 0.100. The number of ether oxygens (including phenoxy) is 1. The van der Waals surface area contributed by atoms with Gasteiger partial charge in [-0.05, 0) is 29.1 Å². The molecule has 0 atom stereocenters. The molecule has 0 radical (unpaired) electrons. The molecule has 1 rings (SSSR count). The molecular weight excluding hydrogens is 226 g/mol. The zero-order valence-electron chi connectivity index (χ0n) is 8.53. The summed E-state index contributed by atoms with van der Waals surface area (Å²) in [4.78, 5) is 14.7. The maximum Gasteiger partial charge on any atom is 0.340 e. The maximum absolute atomic E-state index is 11.1. The lowest BCUT2D eigenvalue weighted by Gasteiger charge is -1.95. The summed E-state index contributed by atoms with van der Waals surface area (Å²) in [5, 5.41) is 5.18. The number of hydrogen-bond acceptors (Lipinski definition) is 4. The summed E-state index contributed by atoms with van der Waals surface area (Å²) in [6.07, 6.45) is 4.85.